The van der Waals surface area contributed by atoms with E-state index in [1.54, 1.807) is 13.1 Å². The number of para-hydroxylation sites is 2. The number of nitrogens with one attached hydrogen (secondary N) is 2. The molecule has 2 N–H and O–H groups in total. The molecule has 0 spiro atoms. The first-order chi connectivity index (χ1) is 12.8. The largest absolute Gasteiger partial charge is 0.493 e. The lowest BCUT2D eigenvalue weighted by molar-refractivity contribution is 0.261. The predicted octanol–water partition coefficient (Wildman–Crippen LogP) is 3.44. The lowest BCUT2D eigenvalue weighted by Crippen LogP contribution is -2.40. The van der Waals surface area contributed by atoms with Crippen molar-refractivity contribution in [2.45, 2.75) is 19.0 Å². The van der Waals surface area contributed by atoms with Crippen LogP contribution < -0.4 is 20.1 Å². The zero-order valence-electron chi connectivity index (χ0n) is 15.1. The van der Waals surface area contributed by atoms with E-state index in [1.807, 2.05) is 42.5 Å². The topological polar surface area (TPSA) is 54.9 Å². The smallest absolute Gasteiger partial charge is 0.191 e. The second-order valence-corrected chi connectivity index (χ2v) is 6.01. The summed E-state index contributed by atoms with van der Waals surface area (Å²) in [6.07, 6.45) is 2.64. The van der Waals surface area contributed by atoms with E-state index in [4.69, 9.17) is 9.47 Å². The number of ether oxygens (including phenoxy) is 2. The fourth-order valence-corrected chi connectivity index (χ4v) is 2.97. The quantitative estimate of drug-likeness (QED) is 0.476. The minimum absolute atomic E-state index is 0.179. The van der Waals surface area contributed by atoms with Crippen LogP contribution in [0, 0.1) is 0 Å². The molecule has 5 heteroatoms. The van der Waals surface area contributed by atoms with E-state index < -0.39 is 0 Å². The summed E-state index contributed by atoms with van der Waals surface area (Å²) in [6.45, 7) is 5.51. The zero-order chi connectivity index (χ0) is 18.2. The van der Waals surface area contributed by atoms with Gasteiger partial charge in [-0.2, -0.15) is 0 Å². The van der Waals surface area contributed by atoms with Crippen LogP contribution in [0.1, 0.15) is 23.6 Å². The van der Waals surface area contributed by atoms with E-state index in [2.05, 4.69) is 28.3 Å². The van der Waals surface area contributed by atoms with Crippen molar-refractivity contribution >= 4 is 5.96 Å². The maximum atomic E-state index is 5.73. The SMILES string of the molecule is C=CCOc1ccccc1CNC(=NC)NC1CCOc2ccccc21. The van der Waals surface area contributed by atoms with Gasteiger partial charge in [-0.05, 0) is 12.1 Å². The Labute approximate surface area is 154 Å². The summed E-state index contributed by atoms with van der Waals surface area (Å²) in [7, 11) is 1.78. The molecule has 1 heterocycles. The number of fused-ring (bicyclic) bond motifs is 1. The van der Waals surface area contributed by atoms with Crippen LogP contribution >= 0.6 is 0 Å². The molecule has 1 aliphatic heterocycles. The lowest BCUT2D eigenvalue weighted by atomic mass is 10.0. The summed E-state index contributed by atoms with van der Waals surface area (Å²) in [4.78, 5) is 4.36. The third-order valence-electron chi connectivity index (χ3n) is 4.27. The van der Waals surface area contributed by atoms with E-state index in [0.717, 1.165) is 35.0 Å². The van der Waals surface area contributed by atoms with Gasteiger partial charge in [0, 0.05) is 31.1 Å². The van der Waals surface area contributed by atoms with Gasteiger partial charge in [-0.3, -0.25) is 4.99 Å². The van der Waals surface area contributed by atoms with Gasteiger partial charge < -0.3 is 20.1 Å². The van der Waals surface area contributed by atoms with Crippen molar-refractivity contribution in [1.29, 1.82) is 0 Å². The summed E-state index contributed by atoms with van der Waals surface area (Å²) in [6, 6.07) is 16.3. The molecule has 1 unspecified atom stereocenters. The van der Waals surface area contributed by atoms with Crippen LogP contribution in [0.2, 0.25) is 0 Å². The summed E-state index contributed by atoms with van der Waals surface area (Å²) in [5.74, 6) is 2.55. The van der Waals surface area contributed by atoms with Crippen LogP contribution in [0.5, 0.6) is 11.5 Å². The van der Waals surface area contributed by atoms with Crippen LogP contribution in [-0.2, 0) is 6.54 Å². The van der Waals surface area contributed by atoms with Gasteiger partial charge in [0.1, 0.15) is 18.1 Å². The molecular weight excluding hydrogens is 326 g/mol. The molecule has 0 fully saturated rings. The van der Waals surface area contributed by atoms with Crippen molar-refractivity contribution in [2.75, 3.05) is 20.3 Å². The molecule has 1 atom stereocenters. The van der Waals surface area contributed by atoms with Crippen LogP contribution in [0.4, 0.5) is 0 Å². The summed E-state index contributed by atoms with van der Waals surface area (Å²) in [5, 5.41) is 6.87. The number of benzene rings is 2. The summed E-state index contributed by atoms with van der Waals surface area (Å²) < 4.78 is 11.4. The summed E-state index contributed by atoms with van der Waals surface area (Å²) >= 11 is 0. The Morgan fingerprint density at radius 1 is 1.27 bits per heavy atom. The second kappa shape index (κ2) is 8.94. The monoisotopic (exact) mass is 351 g/mol. The van der Waals surface area contributed by atoms with Gasteiger partial charge in [-0.25, -0.2) is 0 Å². The maximum Gasteiger partial charge on any atom is 0.191 e. The Balaban J connectivity index is 1.64. The third kappa shape index (κ3) is 4.36. The van der Waals surface area contributed by atoms with Crippen LogP contribution in [0.15, 0.2) is 66.2 Å². The summed E-state index contributed by atoms with van der Waals surface area (Å²) in [5.41, 5.74) is 2.24. The normalized spacial score (nSPS) is 16.2. The van der Waals surface area contributed by atoms with Gasteiger partial charge in [0.25, 0.3) is 0 Å². The molecule has 1 aliphatic rings. The number of guanidine groups is 1. The van der Waals surface area contributed by atoms with Crippen molar-refractivity contribution in [3.63, 3.8) is 0 Å². The van der Waals surface area contributed by atoms with Crippen molar-refractivity contribution in [1.82, 2.24) is 10.6 Å². The molecule has 3 rings (SSSR count). The van der Waals surface area contributed by atoms with Gasteiger partial charge in [0.05, 0.1) is 12.6 Å². The van der Waals surface area contributed by atoms with E-state index in [0.29, 0.717) is 19.8 Å². The molecule has 0 radical (unpaired) electrons. The molecule has 136 valence electrons. The van der Waals surface area contributed by atoms with Crippen molar-refractivity contribution < 1.29 is 9.47 Å². The van der Waals surface area contributed by atoms with Crippen LogP contribution in [-0.4, -0.2) is 26.2 Å². The van der Waals surface area contributed by atoms with Crippen LogP contribution in [0.3, 0.4) is 0 Å². The highest BCUT2D eigenvalue weighted by molar-refractivity contribution is 5.80. The first kappa shape index (κ1) is 17.9. The van der Waals surface area contributed by atoms with Gasteiger partial charge in [-0.1, -0.05) is 49.1 Å². The van der Waals surface area contributed by atoms with E-state index >= 15 is 0 Å². The number of nitrogens with zero attached hydrogens (tertiary/aromatic N) is 1. The average Bonchev–Trinajstić information content (AvgIpc) is 2.70. The Hall–Kier alpha value is -2.95. The molecule has 0 saturated heterocycles. The molecule has 26 heavy (non-hydrogen) atoms. The van der Waals surface area contributed by atoms with Crippen molar-refractivity contribution in [3.8, 4) is 11.5 Å². The predicted molar refractivity (Wildman–Crippen MR) is 105 cm³/mol. The van der Waals surface area contributed by atoms with E-state index in [9.17, 15) is 0 Å². The molecule has 2 aromatic rings. The molecule has 0 amide bonds. The average molecular weight is 351 g/mol. The fraction of sp³-hybridized carbons (Fsp3) is 0.286. The second-order valence-electron chi connectivity index (χ2n) is 6.01. The highest BCUT2D eigenvalue weighted by Gasteiger charge is 2.21. The van der Waals surface area contributed by atoms with E-state index in [-0.39, 0.29) is 6.04 Å². The molecule has 5 nitrogen and oxygen atoms in total. The Morgan fingerprint density at radius 2 is 2.08 bits per heavy atom. The highest BCUT2D eigenvalue weighted by atomic mass is 16.5. The molecule has 0 saturated carbocycles. The Kier molecular flexibility index (Phi) is 6.14. The lowest BCUT2D eigenvalue weighted by Gasteiger charge is -2.28. The molecule has 2 aromatic carbocycles. The zero-order valence-corrected chi connectivity index (χ0v) is 15.1. The number of aliphatic imine (C=N–C) groups is 1. The number of hydrogen-bond acceptors (Lipinski definition) is 3. The Bertz CT molecular complexity index is 773. The van der Waals surface area contributed by atoms with Crippen molar-refractivity contribution in [3.05, 3.63) is 72.3 Å². The molecular formula is C21H25N3O2. The highest BCUT2D eigenvalue weighted by Crippen LogP contribution is 2.31. The maximum absolute atomic E-state index is 5.73. The molecule has 0 aliphatic carbocycles. The first-order valence-corrected chi connectivity index (χ1v) is 8.82. The third-order valence-corrected chi connectivity index (χ3v) is 4.27. The number of hydrogen-bond donors (Lipinski definition) is 2. The minimum atomic E-state index is 0.179. The van der Waals surface area contributed by atoms with Crippen LogP contribution in [0.25, 0.3) is 0 Å². The standard InChI is InChI=1S/C21H25N3O2/c1-3-13-25-19-10-6-4-8-16(19)15-23-21(22-2)24-18-12-14-26-20-11-7-5-9-17(18)20/h3-11,18H,1,12-15H2,2H3,(H2,22,23,24). The molecule has 0 aromatic heterocycles. The fourth-order valence-electron chi connectivity index (χ4n) is 2.97. The van der Waals surface area contributed by atoms with Gasteiger partial charge >= 0.3 is 0 Å². The van der Waals surface area contributed by atoms with Crippen molar-refractivity contribution in [2.24, 2.45) is 4.99 Å². The number of rotatable bonds is 6. The Morgan fingerprint density at radius 3 is 2.92 bits per heavy atom. The molecule has 0 bridgehead atoms. The van der Waals surface area contributed by atoms with Gasteiger partial charge in [0.15, 0.2) is 5.96 Å². The first-order valence-electron chi connectivity index (χ1n) is 8.82. The van der Waals surface area contributed by atoms with Gasteiger partial charge in [0.2, 0.25) is 0 Å². The van der Waals surface area contributed by atoms with E-state index in [1.165, 1.54) is 0 Å². The van der Waals surface area contributed by atoms with Gasteiger partial charge in [-0.15, -0.1) is 0 Å². The minimum Gasteiger partial charge on any atom is -0.493 e.